The third kappa shape index (κ3) is 6.72. The van der Waals surface area contributed by atoms with Crippen molar-refractivity contribution in [1.82, 2.24) is 0 Å². The molecule has 0 saturated heterocycles. The van der Waals surface area contributed by atoms with Gasteiger partial charge in [-0.25, -0.2) is 0 Å². The van der Waals surface area contributed by atoms with E-state index in [0.717, 1.165) is 0 Å². The Labute approximate surface area is 303 Å². The van der Waals surface area contributed by atoms with Gasteiger partial charge in [-0.15, -0.1) is 24.3 Å². The second kappa shape index (κ2) is 13.2. The fraction of sp³-hybridized carbons (Fsp3) is 0.500. The van der Waals surface area contributed by atoms with E-state index >= 15 is 52.7 Å². The second-order valence-electron chi connectivity index (χ2n) is 13.9. The van der Waals surface area contributed by atoms with Crippen LogP contribution in [0.15, 0.2) is 95.2 Å². The Hall–Kier alpha value is -3.70. The molecule has 4 aliphatic rings. The zero-order chi connectivity index (χ0) is 44.1. The molecule has 57 heavy (non-hydrogen) atoms. The van der Waals surface area contributed by atoms with Crippen molar-refractivity contribution in [3.63, 3.8) is 0 Å². The van der Waals surface area contributed by atoms with Gasteiger partial charge >= 0.3 is 49.4 Å². The van der Waals surface area contributed by atoms with E-state index in [4.69, 9.17) is 0 Å². The quantitative estimate of drug-likeness (QED) is 0.195. The highest BCUT2D eigenvalue weighted by molar-refractivity contribution is 6.93. The summed E-state index contributed by atoms with van der Waals surface area (Å²) in [6, 6.07) is 0. The van der Waals surface area contributed by atoms with Gasteiger partial charge in [0, 0.05) is 22.3 Å². The molecule has 0 fully saturated rings. The Morgan fingerprint density at radius 3 is 0.579 bits per heavy atom. The van der Waals surface area contributed by atoms with Crippen LogP contribution in [-0.4, -0.2) is 55.6 Å². The number of hydrogen-bond donors (Lipinski definition) is 0. The Bertz CT molecular complexity index is 1570. The summed E-state index contributed by atoms with van der Waals surface area (Å²) in [7, 11) is 0. The van der Waals surface area contributed by atoms with Crippen LogP contribution >= 0.6 is 0 Å². The van der Waals surface area contributed by atoms with Crippen LogP contribution in [0.5, 0.6) is 0 Å². The van der Waals surface area contributed by atoms with E-state index < -0.39 is 198 Å². The maximum absolute atomic E-state index is 16.3. The first-order valence-electron chi connectivity index (χ1n) is 15.5. The lowest BCUT2D eigenvalue weighted by atomic mass is 8.88. The summed E-state index contributed by atoms with van der Waals surface area (Å²) in [5.41, 5.74) is -11.6. The van der Waals surface area contributed by atoms with Gasteiger partial charge in [0.2, 0.25) is 0 Å². The molecule has 0 radical (unpaired) electrons. The smallest absolute Gasteiger partial charge is 0.174 e. The molecule has 4 unspecified atom stereocenters. The number of hydrogen-bond acceptors (Lipinski definition) is 0. The van der Waals surface area contributed by atoms with Gasteiger partial charge in [-0.2, -0.15) is 105 Å². The molecule has 320 valence electrons. The van der Waals surface area contributed by atoms with Gasteiger partial charge in [-0.3, -0.25) is 0 Å². The number of halogens is 24. The van der Waals surface area contributed by atoms with Gasteiger partial charge in [-0.05, 0) is 46.9 Å². The Kier molecular flexibility index (Phi) is 10.6. The van der Waals surface area contributed by atoms with Crippen molar-refractivity contribution >= 4 is 6.15 Å². The van der Waals surface area contributed by atoms with E-state index in [1.54, 1.807) is 0 Å². The zero-order valence-corrected chi connectivity index (χ0v) is 27.4. The van der Waals surface area contributed by atoms with Crippen molar-refractivity contribution in [3.8, 4) is 0 Å². The summed E-state index contributed by atoms with van der Waals surface area (Å²) in [5, 5.41) is -24.9. The summed E-state index contributed by atoms with van der Waals surface area (Å²) < 4.78 is 368. The average Bonchev–Trinajstić information content (AvgIpc) is 3.02. The standard InChI is InChI=1S/C32H20BF24/c34-25(35,36)17-5-1-9-21(13-17,29(46,47)48)33(22(30(49,50)51)10-2-6-18(14-22)26(37,38)39,23(31(52,53)54)11-3-7-19(15-23)27(40,41)42)24(32(55,56)57)12-4-8-20(16-24)28(43,44)45/h1-12H,13-16H2/q-1. The van der Waals surface area contributed by atoms with Crippen LogP contribution < -0.4 is 0 Å². The van der Waals surface area contributed by atoms with Crippen LogP contribution in [0.2, 0.25) is 21.3 Å². The summed E-state index contributed by atoms with van der Waals surface area (Å²) in [4.78, 5) is 0. The maximum Gasteiger partial charge on any atom is 0.412 e. The first-order chi connectivity index (χ1) is 25.2. The molecule has 0 aliphatic heterocycles. The molecule has 0 bridgehead atoms. The summed E-state index contributed by atoms with van der Waals surface area (Å²) in [6.07, 6.45) is -86.7. The molecule has 4 rings (SSSR count). The first-order valence-corrected chi connectivity index (χ1v) is 15.5. The van der Waals surface area contributed by atoms with Gasteiger partial charge in [0.25, 0.3) is 0 Å². The van der Waals surface area contributed by atoms with E-state index in [9.17, 15) is 52.7 Å². The number of rotatable bonds is 4. The Morgan fingerprint density at radius 1 is 0.298 bits per heavy atom. The summed E-state index contributed by atoms with van der Waals surface area (Å²) in [6.45, 7) is 0. The van der Waals surface area contributed by atoms with E-state index in [0.29, 0.717) is 0 Å². The molecule has 0 aromatic carbocycles. The zero-order valence-electron chi connectivity index (χ0n) is 27.4. The van der Waals surface area contributed by atoms with E-state index in [-0.39, 0.29) is 0 Å². The van der Waals surface area contributed by atoms with Crippen molar-refractivity contribution in [2.75, 3.05) is 0 Å². The minimum Gasteiger partial charge on any atom is -0.174 e. The molecule has 4 aliphatic carbocycles. The molecule has 0 aromatic heterocycles. The Balaban J connectivity index is 2.63. The predicted molar refractivity (Wildman–Crippen MR) is 152 cm³/mol. The van der Waals surface area contributed by atoms with Gasteiger partial charge in [0.05, 0.1) is 6.15 Å². The van der Waals surface area contributed by atoms with E-state index in [1.165, 1.54) is 0 Å². The molecular weight excluding hydrogens is 851 g/mol. The van der Waals surface area contributed by atoms with E-state index in [2.05, 4.69) is 0 Å². The fourth-order valence-electron chi connectivity index (χ4n) is 9.56. The number of allylic oxidation sites excluding steroid dienone is 16. The van der Waals surface area contributed by atoms with Crippen molar-refractivity contribution in [1.29, 1.82) is 0 Å². The molecule has 4 atom stereocenters. The minimum atomic E-state index is -8.23. The third-order valence-corrected chi connectivity index (χ3v) is 11.4. The predicted octanol–water partition coefficient (Wildman–Crippen LogP) is 14.4. The topological polar surface area (TPSA) is 0 Å². The first kappa shape index (κ1) is 46.0. The highest BCUT2D eigenvalue weighted by Crippen LogP contribution is 2.89. The molecule has 0 nitrogen and oxygen atoms in total. The highest BCUT2D eigenvalue weighted by Gasteiger charge is 2.89. The lowest BCUT2D eigenvalue weighted by molar-refractivity contribution is -0.206. The minimum absolute atomic E-state index is 0.487. The monoisotopic (exact) mass is 871 g/mol. The molecule has 0 spiro atoms. The van der Waals surface area contributed by atoms with Gasteiger partial charge in [0.15, 0.2) is 0 Å². The van der Waals surface area contributed by atoms with Gasteiger partial charge in [-0.1, -0.05) is 48.6 Å². The highest BCUT2D eigenvalue weighted by atomic mass is 19.4. The second-order valence-corrected chi connectivity index (χ2v) is 13.9. The van der Waals surface area contributed by atoms with Crippen molar-refractivity contribution in [3.05, 3.63) is 95.2 Å². The van der Waals surface area contributed by atoms with Crippen molar-refractivity contribution < 1.29 is 105 Å². The van der Waals surface area contributed by atoms with Crippen LogP contribution in [0.25, 0.3) is 0 Å². The largest absolute Gasteiger partial charge is 0.412 e. The molecular formula is C32H20BF24-. The van der Waals surface area contributed by atoms with Crippen LogP contribution in [0.1, 0.15) is 25.7 Å². The van der Waals surface area contributed by atoms with Gasteiger partial charge in [0.1, 0.15) is 0 Å². The Morgan fingerprint density at radius 2 is 0.456 bits per heavy atom. The summed E-state index contributed by atoms with van der Waals surface area (Å²) >= 11 is 0. The third-order valence-electron chi connectivity index (χ3n) is 11.4. The molecule has 0 aromatic rings. The molecule has 0 amide bonds. The lowest BCUT2D eigenvalue weighted by Gasteiger charge is -2.78. The van der Waals surface area contributed by atoms with Crippen molar-refractivity contribution in [2.24, 2.45) is 0 Å². The maximum atomic E-state index is 16.3. The lowest BCUT2D eigenvalue weighted by Crippen LogP contribution is -2.80. The summed E-state index contributed by atoms with van der Waals surface area (Å²) in [5.74, 6) is 0. The van der Waals surface area contributed by atoms with Crippen molar-refractivity contribution in [2.45, 2.75) is 96.4 Å². The SMILES string of the molecule is FC(F)(F)C1=CC=CC([B-](C2(C(F)(F)F)C=CC=C(C(F)(F)F)C2)(C2(C(F)(F)F)C=CC=C(C(F)(F)F)C2)C2(C(F)(F)F)C=CC=C(C(F)(F)F)C2)(C(F)(F)F)C1. The van der Waals surface area contributed by atoms with Gasteiger partial charge < -0.3 is 0 Å². The molecule has 0 saturated carbocycles. The van der Waals surface area contributed by atoms with Crippen LogP contribution in [-0.2, 0) is 0 Å². The normalized spacial score (nSPS) is 30.7. The molecule has 0 heterocycles. The average molecular weight is 871 g/mol. The van der Waals surface area contributed by atoms with Crippen LogP contribution in [0, 0.1) is 0 Å². The molecule has 25 heteroatoms. The van der Waals surface area contributed by atoms with E-state index in [1.807, 2.05) is 0 Å². The van der Waals surface area contributed by atoms with Crippen LogP contribution in [0.4, 0.5) is 105 Å². The van der Waals surface area contributed by atoms with Crippen LogP contribution in [0.3, 0.4) is 0 Å². The number of alkyl halides is 24. The fourth-order valence-corrected chi connectivity index (χ4v) is 9.56. The molecule has 0 N–H and O–H groups in total.